The monoisotopic (exact) mass is 419 g/mol. The first-order valence-corrected chi connectivity index (χ1v) is 10.2. The minimum absolute atomic E-state index is 0.0543. The van der Waals surface area contributed by atoms with Gasteiger partial charge >= 0.3 is 6.09 Å². The van der Waals surface area contributed by atoms with Gasteiger partial charge in [0.15, 0.2) is 0 Å². The highest BCUT2D eigenvalue weighted by Crippen LogP contribution is 2.40. The van der Waals surface area contributed by atoms with Crippen molar-refractivity contribution >= 4 is 11.9 Å². The SMILES string of the molecule is COC(=O)Nc1cccc(C(C(c2cccnc2)c2cccnc2)N2CCOCC2)n1. The van der Waals surface area contributed by atoms with E-state index < -0.39 is 6.09 Å². The number of rotatable bonds is 6. The third-order valence-corrected chi connectivity index (χ3v) is 5.33. The Morgan fingerprint density at radius 3 is 2.29 bits per heavy atom. The zero-order valence-corrected chi connectivity index (χ0v) is 17.3. The molecule has 1 N–H and O–H groups in total. The van der Waals surface area contributed by atoms with Crippen LogP contribution in [-0.4, -0.2) is 59.4 Å². The molecule has 31 heavy (non-hydrogen) atoms. The van der Waals surface area contributed by atoms with Gasteiger partial charge < -0.3 is 9.47 Å². The predicted octanol–water partition coefficient (Wildman–Crippen LogP) is 3.26. The maximum absolute atomic E-state index is 11.7. The summed E-state index contributed by atoms with van der Waals surface area (Å²) in [4.78, 5) is 27.6. The Labute approximate surface area is 181 Å². The van der Waals surface area contributed by atoms with Gasteiger partial charge in [0.2, 0.25) is 0 Å². The summed E-state index contributed by atoms with van der Waals surface area (Å²) >= 11 is 0. The smallest absolute Gasteiger partial charge is 0.412 e. The number of nitrogens with one attached hydrogen (secondary N) is 1. The standard InChI is InChI=1S/C23H25N5O3/c1-30-23(29)27-20-8-2-7-19(26-20)22(28-11-13-31-14-12-28)21(17-5-3-9-24-15-17)18-6-4-10-25-16-18/h2-10,15-16,21-22H,11-14H2,1H3,(H,26,27,29). The number of ether oxygens (including phenoxy) is 2. The van der Waals surface area contributed by atoms with Gasteiger partial charge in [0.05, 0.1) is 32.1 Å². The number of hydrogen-bond donors (Lipinski definition) is 1. The topological polar surface area (TPSA) is 89.5 Å². The van der Waals surface area contributed by atoms with Crippen LogP contribution in [0.15, 0.2) is 67.3 Å². The Morgan fingerprint density at radius 1 is 1.03 bits per heavy atom. The van der Waals surface area contributed by atoms with Crippen LogP contribution in [0.1, 0.15) is 28.8 Å². The van der Waals surface area contributed by atoms with Crippen molar-refractivity contribution in [2.75, 3.05) is 38.7 Å². The Balaban J connectivity index is 1.81. The first kappa shape index (κ1) is 20.9. The van der Waals surface area contributed by atoms with E-state index in [0.717, 1.165) is 29.9 Å². The second-order valence-electron chi connectivity index (χ2n) is 7.21. The molecule has 1 amide bonds. The van der Waals surface area contributed by atoms with Crippen LogP contribution in [0.2, 0.25) is 0 Å². The number of carbonyl (C=O) groups is 1. The third-order valence-electron chi connectivity index (χ3n) is 5.33. The van der Waals surface area contributed by atoms with Gasteiger partial charge in [-0.1, -0.05) is 18.2 Å². The zero-order valence-electron chi connectivity index (χ0n) is 17.3. The molecule has 0 radical (unpaired) electrons. The van der Waals surface area contributed by atoms with E-state index >= 15 is 0 Å². The van der Waals surface area contributed by atoms with Gasteiger partial charge in [-0.15, -0.1) is 0 Å². The lowest BCUT2D eigenvalue weighted by molar-refractivity contribution is 0.0115. The molecular formula is C23H25N5O3. The van der Waals surface area contributed by atoms with E-state index in [1.807, 2.05) is 36.7 Å². The number of nitrogens with zero attached hydrogens (tertiary/aromatic N) is 4. The van der Waals surface area contributed by atoms with Crippen molar-refractivity contribution in [2.24, 2.45) is 0 Å². The molecule has 1 aliphatic heterocycles. The minimum Gasteiger partial charge on any atom is -0.453 e. The summed E-state index contributed by atoms with van der Waals surface area (Å²) in [5.74, 6) is 0.389. The maximum Gasteiger partial charge on any atom is 0.412 e. The van der Waals surface area contributed by atoms with E-state index in [0.29, 0.717) is 19.0 Å². The molecule has 0 bridgehead atoms. The van der Waals surface area contributed by atoms with Crippen molar-refractivity contribution in [2.45, 2.75) is 12.0 Å². The molecule has 1 fully saturated rings. The van der Waals surface area contributed by atoms with Crippen molar-refractivity contribution in [1.29, 1.82) is 0 Å². The minimum atomic E-state index is -0.552. The molecule has 0 aliphatic carbocycles. The molecule has 0 spiro atoms. The summed E-state index contributed by atoms with van der Waals surface area (Å²) in [5, 5.41) is 2.67. The Kier molecular flexibility index (Phi) is 6.81. The number of amides is 1. The van der Waals surface area contributed by atoms with Crippen LogP contribution in [-0.2, 0) is 9.47 Å². The summed E-state index contributed by atoms with van der Waals surface area (Å²) in [7, 11) is 1.33. The first-order chi connectivity index (χ1) is 15.3. The second kappa shape index (κ2) is 10.1. The van der Waals surface area contributed by atoms with Crippen LogP contribution in [0.25, 0.3) is 0 Å². The molecule has 0 aromatic carbocycles. The van der Waals surface area contributed by atoms with E-state index in [1.165, 1.54) is 7.11 Å². The third kappa shape index (κ3) is 5.04. The number of methoxy groups -OCH3 is 1. The van der Waals surface area contributed by atoms with Gasteiger partial charge in [-0.05, 0) is 35.4 Å². The van der Waals surface area contributed by atoms with E-state index in [2.05, 4.69) is 32.3 Å². The van der Waals surface area contributed by atoms with E-state index in [4.69, 9.17) is 14.5 Å². The van der Waals surface area contributed by atoms with Gasteiger partial charge in [0, 0.05) is 43.8 Å². The van der Waals surface area contributed by atoms with Crippen molar-refractivity contribution < 1.29 is 14.3 Å². The first-order valence-electron chi connectivity index (χ1n) is 10.2. The van der Waals surface area contributed by atoms with Crippen LogP contribution in [0, 0.1) is 0 Å². The summed E-state index contributed by atoms with van der Waals surface area (Å²) in [6.07, 6.45) is 6.77. The lowest BCUT2D eigenvalue weighted by Gasteiger charge is -2.39. The molecule has 4 rings (SSSR count). The van der Waals surface area contributed by atoms with Crippen LogP contribution in [0.4, 0.5) is 10.6 Å². The second-order valence-corrected chi connectivity index (χ2v) is 7.21. The van der Waals surface area contributed by atoms with Gasteiger partial charge in [0.25, 0.3) is 0 Å². The van der Waals surface area contributed by atoms with Crippen molar-refractivity contribution in [3.63, 3.8) is 0 Å². The molecule has 8 heteroatoms. The molecule has 3 aromatic heterocycles. The highest BCUT2D eigenvalue weighted by atomic mass is 16.5. The molecule has 0 saturated carbocycles. The summed E-state index contributed by atoms with van der Waals surface area (Å²) < 4.78 is 10.3. The average Bonchev–Trinajstić information content (AvgIpc) is 2.84. The molecule has 160 valence electrons. The molecule has 1 atom stereocenters. The van der Waals surface area contributed by atoms with Gasteiger partial charge in [-0.25, -0.2) is 9.78 Å². The lowest BCUT2D eigenvalue weighted by Crippen LogP contribution is -2.42. The fourth-order valence-electron chi connectivity index (χ4n) is 3.94. The average molecular weight is 419 g/mol. The molecule has 1 unspecified atom stereocenters. The molecule has 1 aliphatic rings. The van der Waals surface area contributed by atoms with E-state index in [9.17, 15) is 4.79 Å². The number of aromatic nitrogens is 3. The van der Waals surface area contributed by atoms with Gasteiger partial charge in [-0.2, -0.15) is 0 Å². The highest BCUT2D eigenvalue weighted by molar-refractivity contribution is 5.83. The highest BCUT2D eigenvalue weighted by Gasteiger charge is 2.34. The normalized spacial score (nSPS) is 15.4. The van der Waals surface area contributed by atoms with Crippen LogP contribution in [0.5, 0.6) is 0 Å². The van der Waals surface area contributed by atoms with Crippen LogP contribution in [0.3, 0.4) is 0 Å². The van der Waals surface area contributed by atoms with Gasteiger partial charge in [-0.3, -0.25) is 20.2 Å². The summed E-state index contributed by atoms with van der Waals surface area (Å²) in [5.41, 5.74) is 2.98. The predicted molar refractivity (Wildman–Crippen MR) is 116 cm³/mol. The number of carbonyl (C=O) groups excluding carboxylic acids is 1. The number of hydrogen-bond acceptors (Lipinski definition) is 7. The number of morpholine rings is 1. The summed E-state index contributed by atoms with van der Waals surface area (Å²) in [6.45, 7) is 2.86. The van der Waals surface area contributed by atoms with Crippen LogP contribution < -0.4 is 5.32 Å². The van der Waals surface area contributed by atoms with E-state index in [-0.39, 0.29) is 12.0 Å². The molecule has 3 aromatic rings. The Morgan fingerprint density at radius 2 is 1.71 bits per heavy atom. The van der Waals surface area contributed by atoms with E-state index in [1.54, 1.807) is 18.5 Å². The lowest BCUT2D eigenvalue weighted by atomic mass is 9.83. The van der Waals surface area contributed by atoms with Crippen molar-refractivity contribution in [1.82, 2.24) is 19.9 Å². The molecule has 8 nitrogen and oxygen atoms in total. The Bertz CT molecular complexity index is 941. The molecular weight excluding hydrogens is 394 g/mol. The molecule has 1 saturated heterocycles. The largest absolute Gasteiger partial charge is 0.453 e. The fraction of sp³-hybridized carbons (Fsp3) is 0.304. The van der Waals surface area contributed by atoms with Crippen molar-refractivity contribution in [3.8, 4) is 0 Å². The van der Waals surface area contributed by atoms with Crippen molar-refractivity contribution in [3.05, 3.63) is 84.1 Å². The number of pyridine rings is 3. The molecule has 4 heterocycles. The Hall–Kier alpha value is -3.36. The maximum atomic E-state index is 11.7. The summed E-state index contributed by atoms with van der Waals surface area (Å²) in [6, 6.07) is 13.6. The zero-order chi connectivity index (χ0) is 21.5. The number of anilines is 1. The van der Waals surface area contributed by atoms with Gasteiger partial charge in [0.1, 0.15) is 5.82 Å². The fourth-order valence-corrected chi connectivity index (χ4v) is 3.94. The quantitative estimate of drug-likeness (QED) is 0.656. The van der Waals surface area contributed by atoms with Crippen LogP contribution >= 0.6 is 0 Å².